The number of thiazole rings is 1. The van der Waals surface area contributed by atoms with E-state index >= 15 is 0 Å². The fraction of sp³-hybridized carbons (Fsp3) is 0.174. The molecular formula is C23H21N5OS. The molecule has 1 unspecified atom stereocenters. The van der Waals surface area contributed by atoms with Crippen molar-refractivity contribution in [2.75, 3.05) is 5.32 Å². The van der Waals surface area contributed by atoms with Crippen molar-refractivity contribution < 1.29 is 0 Å². The van der Waals surface area contributed by atoms with E-state index in [1.165, 1.54) is 16.9 Å². The lowest BCUT2D eigenvalue weighted by Gasteiger charge is -2.15. The first-order valence-corrected chi connectivity index (χ1v) is 10.6. The van der Waals surface area contributed by atoms with Crippen LogP contribution >= 0.6 is 11.3 Å². The Balaban J connectivity index is 1.70. The molecule has 4 aromatic rings. The average Bonchev–Trinajstić information content (AvgIpc) is 3.16. The van der Waals surface area contributed by atoms with E-state index in [-0.39, 0.29) is 11.7 Å². The summed E-state index contributed by atoms with van der Waals surface area (Å²) in [6.07, 6.45) is 1.67. The van der Waals surface area contributed by atoms with Gasteiger partial charge in [0.1, 0.15) is 11.9 Å². The molecule has 30 heavy (non-hydrogen) atoms. The number of aryl methyl sites for hydroxylation is 2. The van der Waals surface area contributed by atoms with Gasteiger partial charge in [0.05, 0.1) is 15.9 Å². The molecule has 0 saturated carbocycles. The highest BCUT2D eigenvalue weighted by molar-refractivity contribution is 7.07. The summed E-state index contributed by atoms with van der Waals surface area (Å²) in [7, 11) is 0. The van der Waals surface area contributed by atoms with Crippen molar-refractivity contribution >= 4 is 28.9 Å². The third-order valence-corrected chi connectivity index (χ3v) is 6.16. The molecule has 0 spiro atoms. The first-order valence-electron chi connectivity index (χ1n) is 9.81. The van der Waals surface area contributed by atoms with Crippen molar-refractivity contribution in [3.05, 3.63) is 91.1 Å². The van der Waals surface area contributed by atoms with E-state index in [0.29, 0.717) is 9.33 Å². The minimum atomic E-state index is -0.257. The zero-order valence-corrected chi connectivity index (χ0v) is 17.8. The SMILES string of the molecule is Cc1ccc(/C=c2\sc3n(c2=O)C(C)Nc2c(c(C)nn2-c2ccccc2)N=3)cc1. The molecule has 2 aromatic heterocycles. The Bertz CT molecular complexity index is 1410. The minimum absolute atomic E-state index is 0.0404. The first-order chi connectivity index (χ1) is 14.5. The molecule has 0 bridgehead atoms. The quantitative estimate of drug-likeness (QED) is 0.546. The highest BCUT2D eigenvalue weighted by Gasteiger charge is 2.24. The van der Waals surface area contributed by atoms with Gasteiger partial charge in [-0.05, 0) is 44.5 Å². The zero-order valence-electron chi connectivity index (χ0n) is 17.0. The molecule has 0 fully saturated rings. The molecule has 0 radical (unpaired) electrons. The third kappa shape index (κ3) is 3.07. The maximum atomic E-state index is 13.2. The Morgan fingerprint density at radius 1 is 1.07 bits per heavy atom. The third-order valence-electron chi connectivity index (χ3n) is 5.18. The molecule has 5 rings (SSSR count). The molecule has 7 heteroatoms. The molecule has 1 aliphatic heterocycles. The van der Waals surface area contributed by atoms with Crippen molar-refractivity contribution in [3.8, 4) is 5.69 Å². The summed E-state index contributed by atoms with van der Waals surface area (Å²) in [6, 6.07) is 18.1. The second kappa shape index (κ2) is 7.11. The molecule has 150 valence electrons. The smallest absolute Gasteiger partial charge is 0.271 e. The van der Waals surface area contributed by atoms with Gasteiger partial charge in [-0.2, -0.15) is 5.10 Å². The van der Waals surface area contributed by atoms with Crippen LogP contribution in [0.5, 0.6) is 0 Å². The Labute approximate surface area is 177 Å². The van der Waals surface area contributed by atoms with Crippen LogP contribution in [0.25, 0.3) is 11.8 Å². The molecule has 1 N–H and O–H groups in total. The molecule has 0 aliphatic carbocycles. The lowest BCUT2D eigenvalue weighted by molar-refractivity contribution is 0.579. The lowest BCUT2D eigenvalue weighted by Crippen LogP contribution is -2.36. The van der Waals surface area contributed by atoms with Gasteiger partial charge in [0.25, 0.3) is 5.56 Å². The van der Waals surface area contributed by atoms with Crippen molar-refractivity contribution in [1.29, 1.82) is 0 Å². The predicted octanol–water partition coefficient (Wildman–Crippen LogP) is 3.44. The average molecular weight is 416 g/mol. The van der Waals surface area contributed by atoms with Gasteiger partial charge in [-0.1, -0.05) is 59.4 Å². The van der Waals surface area contributed by atoms with Crippen molar-refractivity contribution in [2.45, 2.75) is 26.9 Å². The summed E-state index contributed by atoms with van der Waals surface area (Å²) < 4.78 is 4.24. The van der Waals surface area contributed by atoms with Crippen LogP contribution in [0.4, 0.5) is 11.5 Å². The molecule has 3 heterocycles. The Morgan fingerprint density at radius 3 is 2.53 bits per heavy atom. The van der Waals surface area contributed by atoms with E-state index in [9.17, 15) is 4.79 Å². The number of anilines is 1. The van der Waals surface area contributed by atoms with E-state index in [1.54, 1.807) is 4.57 Å². The van der Waals surface area contributed by atoms with Crippen LogP contribution in [-0.4, -0.2) is 14.3 Å². The molecule has 1 atom stereocenters. The van der Waals surface area contributed by atoms with Gasteiger partial charge in [-0.15, -0.1) is 0 Å². The van der Waals surface area contributed by atoms with Gasteiger partial charge in [-0.25, -0.2) is 9.67 Å². The molecule has 6 nitrogen and oxygen atoms in total. The maximum Gasteiger partial charge on any atom is 0.271 e. The topological polar surface area (TPSA) is 64.2 Å². The summed E-state index contributed by atoms with van der Waals surface area (Å²) in [4.78, 5) is 18.7. The van der Waals surface area contributed by atoms with Crippen LogP contribution in [0.2, 0.25) is 0 Å². The standard InChI is InChI=1S/C23H21N5OS/c1-14-9-11-17(12-10-14)13-19-22(29)27-16(3)24-21-20(25-23(27)30-19)15(2)26-28(21)18-7-5-4-6-8-18/h4-13,16,24H,1-3H3/b19-13-. The minimum Gasteiger partial charge on any atom is -0.348 e. The number of nitrogens with one attached hydrogen (secondary N) is 1. The van der Waals surface area contributed by atoms with Crippen molar-refractivity contribution in [2.24, 2.45) is 4.99 Å². The second-order valence-electron chi connectivity index (χ2n) is 7.44. The number of fused-ring (bicyclic) bond motifs is 2. The Morgan fingerprint density at radius 2 is 1.80 bits per heavy atom. The monoisotopic (exact) mass is 415 g/mol. The molecule has 0 saturated heterocycles. The maximum absolute atomic E-state index is 13.2. The second-order valence-corrected chi connectivity index (χ2v) is 8.45. The van der Waals surface area contributed by atoms with Gasteiger partial charge in [-0.3, -0.25) is 9.36 Å². The number of hydrogen-bond acceptors (Lipinski definition) is 5. The van der Waals surface area contributed by atoms with Crippen molar-refractivity contribution in [3.63, 3.8) is 0 Å². The fourth-order valence-electron chi connectivity index (χ4n) is 3.62. The number of para-hydroxylation sites is 1. The van der Waals surface area contributed by atoms with Crippen molar-refractivity contribution in [1.82, 2.24) is 14.3 Å². The van der Waals surface area contributed by atoms with Crippen LogP contribution in [0.3, 0.4) is 0 Å². The molecule has 0 amide bonds. The van der Waals surface area contributed by atoms with E-state index in [2.05, 4.69) is 10.4 Å². The van der Waals surface area contributed by atoms with Crippen LogP contribution in [0.1, 0.15) is 29.9 Å². The number of hydrogen-bond donors (Lipinski definition) is 1. The van der Waals surface area contributed by atoms with E-state index in [1.807, 2.05) is 86.1 Å². The van der Waals surface area contributed by atoms with E-state index in [4.69, 9.17) is 4.99 Å². The van der Waals surface area contributed by atoms with E-state index < -0.39 is 0 Å². The van der Waals surface area contributed by atoms with E-state index in [0.717, 1.165) is 28.5 Å². The van der Waals surface area contributed by atoms with Gasteiger partial charge in [0.15, 0.2) is 10.6 Å². The first kappa shape index (κ1) is 18.6. The molecule has 2 aromatic carbocycles. The summed E-state index contributed by atoms with van der Waals surface area (Å²) >= 11 is 1.41. The Hall–Kier alpha value is -3.45. The van der Waals surface area contributed by atoms with Crippen LogP contribution in [-0.2, 0) is 0 Å². The molecule has 1 aliphatic rings. The van der Waals surface area contributed by atoms with Crippen LogP contribution in [0, 0.1) is 13.8 Å². The van der Waals surface area contributed by atoms with Gasteiger partial charge in [0, 0.05) is 0 Å². The normalized spacial score (nSPS) is 15.7. The number of aromatic nitrogens is 3. The fourth-order valence-corrected chi connectivity index (χ4v) is 4.67. The summed E-state index contributed by atoms with van der Waals surface area (Å²) in [6.45, 7) is 5.96. The number of rotatable bonds is 2. The van der Waals surface area contributed by atoms with Gasteiger partial charge >= 0.3 is 0 Å². The van der Waals surface area contributed by atoms with Gasteiger partial charge in [0.2, 0.25) is 0 Å². The number of benzene rings is 2. The summed E-state index contributed by atoms with van der Waals surface area (Å²) in [5.74, 6) is 0.797. The highest BCUT2D eigenvalue weighted by Crippen LogP contribution is 2.33. The molecular weight excluding hydrogens is 394 g/mol. The predicted molar refractivity (Wildman–Crippen MR) is 120 cm³/mol. The lowest BCUT2D eigenvalue weighted by atomic mass is 10.1. The van der Waals surface area contributed by atoms with Crippen LogP contribution in [0.15, 0.2) is 64.4 Å². The zero-order chi connectivity index (χ0) is 20.8. The Kier molecular flexibility index (Phi) is 4.40. The highest BCUT2D eigenvalue weighted by atomic mass is 32.1. The number of nitrogens with zero attached hydrogens (tertiary/aromatic N) is 4. The summed E-state index contributed by atoms with van der Waals surface area (Å²) in [5.41, 5.74) is 4.68. The summed E-state index contributed by atoms with van der Waals surface area (Å²) in [5, 5.41) is 8.14. The van der Waals surface area contributed by atoms with Gasteiger partial charge < -0.3 is 5.32 Å². The van der Waals surface area contributed by atoms with Crippen LogP contribution < -0.4 is 20.2 Å². The largest absolute Gasteiger partial charge is 0.348 e.